The maximum atomic E-state index is 11.5. The van der Waals surface area contributed by atoms with Crippen molar-refractivity contribution in [3.8, 4) is 0 Å². The number of likely N-dealkylation sites (tertiary alicyclic amines) is 1. The average molecular weight is 236 g/mol. The summed E-state index contributed by atoms with van der Waals surface area (Å²) in [4.78, 5) is 26.6. The van der Waals surface area contributed by atoms with Crippen molar-refractivity contribution in [3.63, 3.8) is 0 Å². The van der Waals surface area contributed by atoms with Crippen LogP contribution in [0.1, 0.15) is 39.5 Å². The molecule has 4 heteroatoms. The second-order valence-corrected chi connectivity index (χ2v) is 4.89. The summed E-state index contributed by atoms with van der Waals surface area (Å²) in [6.07, 6.45) is 6.10. The second kappa shape index (κ2) is 4.90. The molecule has 0 aliphatic carbocycles. The van der Waals surface area contributed by atoms with Gasteiger partial charge in [-0.2, -0.15) is 0 Å². The van der Waals surface area contributed by atoms with Gasteiger partial charge in [-0.05, 0) is 31.3 Å². The van der Waals surface area contributed by atoms with Gasteiger partial charge in [0, 0.05) is 33.1 Å². The summed E-state index contributed by atoms with van der Waals surface area (Å²) >= 11 is 0. The van der Waals surface area contributed by atoms with Crippen LogP contribution in [-0.4, -0.2) is 40.7 Å². The van der Waals surface area contributed by atoms with Gasteiger partial charge >= 0.3 is 0 Å². The van der Waals surface area contributed by atoms with Gasteiger partial charge in [-0.3, -0.25) is 9.59 Å². The Bertz CT molecular complexity index is 362. The van der Waals surface area contributed by atoms with Crippen LogP contribution in [0.15, 0.2) is 11.8 Å². The van der Waals surface area contributed by atoms with Gasteiger partial charge in [0.1, 0.15) is 0 Å². The standard InChI is InChI=1S/C13H20N2O2/c1-10(16)14-7-3-5-12(9-14)13-6-4-8-15(13)11(2)17/h9,13H,3-8H2,1-2H3. The fraction of sp³-hybridized carbons (Fsp3) is 0.692. The van der Waals surface area contributed by atoms with E-state index >= 15 is 0 Å². The topological polar surface area (TPSA) is 40.6 Å². The van der Waals surface area contributed by atoms with Gasteiger partial charge in [0.2, 0.25) is 11.8 Å². The number of amides is 2. The molecular weight excluding hydrogens is 216 g/mol. The summed E-state index contributed by atoms with van der Waals surface area (Å²) < 4.78 is 0. The van der Waals surface area contributed by atoms with Gasteiger partial charge in [-0.1, -0.05) is 0 Å². The predicted octanol–water partition coefficient (Wildman–Crippen LogP) is 1.52. The van der Waals surface area contributed by atoms with E-state index in [0.717, 1.165) is 38.8 Å². The second-order valence-electron chi connectivity index (χ2n) is 4.89. The third-order valence-corrected chi connectivity index (χ3v) is 3.68. The zero-order valence-electron chi connectivity index (χ0n) is 10.6. The molecule has 0 saturated carbocycles. The largest absolute Gasteiger partial charge is 0.336 e. The third-order valence-electron chi connectivity index (χ3n) is 3.68. The van der Waals surface area contributed by atoms with E-state index in [4.69, 9.17) is 0 Å². The van der Waals surface area contributed by atoms with Crippen LogP contribution in [-0.2, 0) is 9.59 Å². The summed E-state index contributed by atoms with van der Waals surface area (Å²) in [5.74, 6) is 0.239. The minimum absolute atomic E-state index is 0.0922. The third kappa shape index (κ3) is 2.51. The van der Waals surface area contributed by atoms with Crippen molar-refractivity contribution < 1.29 is 9.59 Å². The molecule has 0 radical (unpaired) electrons. The van der Waals surface area contributed by atoms with Crippen molar-refractivity contribution in [2.45, 2.75) is 45.6 Å². The molecule has 94 valence electrons. The quantitative estimate of drug-likeness (QED) is 0.692. The number of carbonyl (C=O) groups excluding carboxylic acids is 2. The Balaban J connectivity index is 2.15. The normalized spacial score (nSPS) is 24.8. The van der Waals surface area contributed by atoms with Gasteiger partial charge in [-0.25, -0.2) is 0 Å². The maximum Gasteiger partial charge on any atom is 0.223 e. The van der Waals surface area contributed by atoms with E-state index in [0.29, 0.717) is 0 Å². The number of rotatable bonds is 1. The highest BCUT2D eigenvalue weighted by molar-refractivity contribution is 5.75. The highest BCUT2D eigenvalue weighted by Gasteiger charge is 2.30. The van der Waals surface area contributed by atoms with Gasteiger partial charge in [0.25, 0.3) is 0 Å². The van der Waals surface area contributed by atoms with Crippen molar-refractivity contribution in [3.05, 3.63) is 11.8 Å². The molecule has 2 heterocycles. The van der Waals surface area contributed by atoms with E-state index in [1.807, 2.05) is 11.1 Å². The number of carbonyl (C=O) groups is 2. The Morgan fingerprint density at radius 2 is 1.94 bits per heavy atom. The summed E-state index contributed by atoms with van der Waals surface area (Å²) in [6, 6.07) is 0.231. The summed E-state index contributed by atoms with van der Waals surface area (Å²) in [5.41, 5.74) is 1.25. The van der Waals surface area contributed by atoms with E-state index in [9.17, 15) is 9.59 Å². The van der Waals surface area contributed by atoms with Crippen LogP contribution in [0.2, 0.25) is 0 Å². The van der Waals surface area contributed by atoms with E-state index < -0.39 is 0 Å². The lowest BCUT2D eigenvalue weighted by Crippen LogP contribution is -2.38. The highest BCUT2D eigenvalue weighted by atomic mass is 16.2. The van der Waals surface area contributed by atoms with Crippen molar-refractivity contribution in [1.82, 2.24) is 9.80 Å². The van der Waals surface area contributed by atoms with Crippen molar-refractivity contribution in [2.75, 3.05) is 13.1 Å². The summed E-state index contributed by atoms with van der Waals surface area (Å²) in [7, 11) is 0. The van der Waals surface area contributed by atoms with Crippen molar-refractivity contribution in [2.24, 2.45) is 0 Å². The van der Waals surface area contributed by atoms with Gasteiger partial charge < -0.3 is 9.80 Å². The summed E-state index contributed by atoms with van der Waals surface area (Å²) in [5, 5.41) is 0. The monoisotopic (exact) mass is 236 g/mol. The van der Waals surface area contributed by atoms with Crippen LogP contribution in [0.25, 0.3) is 0 Å². The SMILES string of the molecule is CC(=O)N1C=C(C2CCCN2C(C)=O)CCC1. The van der Waals surface area contributed by atoms with E-state index in [1.165, 1.54) is 5.57 Å². The molecule has 0 aromatic heterocycles. The molecule has 1 saturated heterocycles. The fourth-order valence-corrected chi connectivity index (χ4v) is 2.81. The molecule has 2 aliphatic rings. The lowest BCUT2D eigenvalue weighted by atomic mass is 9.98. The zero-order chi connectivity index (χ0) is 12.4. The first-order chi connectivity index (χ1) is 8.09. The minimum Gasteiger partial charge on any atom is -0.336 e. The molecule has 0 spiro atoms. The Morgan fingerprint density at radius 3 is 2.59 bits per heavy atom. The Labute approximate surface area is 102 Å². The lowest BCUT2D eigenvalue weighted by Gasteiger charge is -2.31. The molecule has 1 unspecified atom stereocenters. The van der Waals surface area contributed by atoms with Crippen molar-refractivity contribution >= 4 is 11.8 Å². The molecule has 1 fully saturated rings. The first-order valence-electron chi connectivity index (χ1n) is 6.34. The van der Waals surface area contributed by atoms with Crippen molar-refractivity contribution in [1.29, 1.82) is 0 Å². The molecule has 0 aromatic carbocycles. The Morgan fingerprint density at radius 1 is 1.18 bits per heavy atom. The number of hydrogen-bond acceptors (Lipinski definition) is 2. The smallest absolute Gasteiger partial charge is 0.223 e. The van der Waals surface area contributed by atoms with Gasteiger partial charge in [0.15, 0.2) is 0 Å². The van der Waals surface area contributed by atoms with Crippen LogP contribution in [0.5, 0.6) is 0 Å². The molecule has 2 rings (SSSR count). The molecule has 4 nitrogen and oxygen atoms in total. The number of nitrogens with zero attached hydrogens (tertiary/aromatic N) is 2. The van der Waals surface area contributed by atoms with E-state index in [1.54, 1.807) is 18.7 Å². The molecular formula is C13H20N2O2. The molecule has 0 aromatic rings. The van der Waals surface area contributed by atoms with Crippen LogP contribution >= 0.6 is 0 Å². The van der Waals surface area contributed by atoms with E-state index in [-0.39, 0.29) is 17.9 Å². The average Bonchev–Trinajstić information content (AvgIpc) is 2.78. The molecule has 0 bridgehead atoms. The molecule has 17 heavy (non-hydrogen) atoms. The maximum absolute atomic E-state index is 11.5. The zero-order valence-corrected chi connectivity index (χ0v) is 10.6. The Kier molecular flexibility index (Phi) is 3.50. The first kappa shape index (κ1) is 12.1. The van der Waals surface area contributed by atoms with Crippen LogP contribution < -0.4 is 0 Å². The Hall–Kier alpha value is -1.32. The fourth-order valence-electron chi connectivity index (χ4n) is 2.81. The molecule has 2 aliphatic heterocycles. The van der Waals surface area contributed by atoms with Crippen LogP contribution in [0.3, 0.4) is 0 Å². The highest BCUT2D eigenvalue weighted by Crippen LogP contribution is 2.29. The predicted molar refractivity (Wildman–Crippen MR) is 65.1 cm³/mol. The van der Waals surface area contributed by atoms with E-state index in [2.05, 4.69) is 0 Å². The molecule has 2 amide bonds. The number of hydrogen-bond donors (Lipinski definition) is 0. The van der Waals surface area contributed by atoms with Crippen LogP contribution in [0, 0.1) is 0 Å². The van der Waals surface area contributed by atoms with Gasteiger partial charge in [-0.15, -0.1) is 0 Å². The lowest BCUT2D eigenvalue weighted by molar-refractivity contribution is -0.129. The van der Waals surface area contributed by atoms with Gasteiger partial charge in [0.05, 0.1) is 6.04 Å². The first-order valence-corrected chi connectivity index (χ1v) is 6.34. The minimum atomic E-state index is 0.0922. The van der Waals surface area contributed by atoms with Crippen LogP contribution in [0.4, 0.5) is 0 Å². The summed E-state index contributed by atoms with van der Waals surface area (Å²) in [6.45, 7) is 4.89. The molecule has 1 atom stereocenters. The molecule has 0 N–H and O–H groups in total.